The van der Waals surface area contributed by atoms with Gasteiger partial charge in [0.15, 0.2) is 17.1 Å². The fourth-order valence-corrected chi connectivity index (χ4v) is 4.15. The summed E-state index contributed by atoms with van der Waals surface area (Å²) in [4.78, 5) is 12.8. The summed E-state index contributed by atoms with van der Waals surface area (Å²) in [5.74, 6) is 1.73. The van der Waals surface area contributed by atoms with Crippen molar-refractivity contribution < 1.29 is 13.9 Å². The monoisotopic (exact) mass is 402 g/mol. The van der Waals surface area contributed by atoms with E-state index in [1.165, 1.54) is 0 Å². The number of furan rings is 1. The maximum Gasteiger partial charge on any atom is 0.185 e. The van der Waals surface area contributed by atoms with E-state index in [1.54, 1.807) is 13.4 Å². The number of carbonyl (C=O) groups is 1. The standard InChI is InChI=1S/C23H22N4O3/c1-13(2)21-20(14-6-8-16(29-3)9-7-14)23-25-24-22-17(27(23)26-21)11-15(12-18(22)28)19-5-4-10-30-19/h4-10,13,15H,11-12H2,1-3H3. The summed E-state index contributed by atoms with van der Waals surface area (Å²) in [7, 11) is 1.65. The summed E-state index contributed by atoms with van der Waals surface area (Å²) in [6.45, 7) is 4.21. The number of Topliss-reactive ketones (excluding diaryl/α,β-unsaturated/α-hetero) is 1. The Morgan fingerprint density at radius 3 is 2.60 bits per heavy atom. The molecule has 0 spiro atoms. The molecule has 5 rings (SSSR count). The van der Waals surface area contributed by atoms with Crippen LogP contribution in [0.25, 0.3) is 16.8 Å². The zero-order valence-corrected chi connectivity index (χ0v) is 17.1. The second kappa shape index (κ2) is 7.09. The molecule has 0 radical (unpaired) electrons. The second-order valence-electron chi connectivity index (χ2n) is 7.92. The normalized spacial score (nSPS) is 16.3. The molecule has 0 saturated heterocycles. The number of hydrogen-bond donors (Lipinski definition) is 0. The lowest BCUT2D eigenvalue weighted by molar-refractivity contribution is 0.0951. The lowest BCUT2D eigenvalue weighted by Gasteiger charge is -2.21. The zero-order valence-electron chi connectivity index (χ0n) is 17.1. The van der Waals surface area contributed by atoms with Crippen molar-refractivity contribution in [2.45, 2.75) is 38.5 Å². The van der Waals surface area contributed by atoms with Gasteiger partial charge in [0.2, 0.25) is 0 Å². The first kappa shape index (κ1) is 18.5. The summed E-state index contributed by atoms with van der Waals surface area (Å²) in [6, 6.07) is 11.6. The van der Waals surface area contributed by atoms with Crippen LogP contribution in [-0.2, 0) is 6.42 Å². The molecular weight excluding hydrogens is 380 g/mol. The van der Waals surface area contributed by atoms with Crippen molar-refractivity contribution in [1.29, 1.82) is 0 Å². The van der Waals surface area contributed by atoms with Gasteiger partial charge in [-0.05, 0) is 35.7 Å². The Morgan fingerprint density at radius 2 is 1.93 bits per heavy atom. The largest absolute Gasteiger partial charge is 0.497 e. The van der Waals surface area contributed by atoms with Crippen LogP contribution in [0.4, 0.5) is 0 Å². The predicted octanol–water partition coefficient (Wildman–Crippen LogP) is 4.43. The fourth-order valence-electron chi connectivity index (χ4n) is 4.15. The Hall–Kier alpha value is -3.48. The van der Waals surface area contributed by atoms with Gasteiger partial charge >= 0.3 is 0 Å². The van der Waals surface area contributed by atoms with E-state index in [0.29, 0.717) is 24.2 Å². The van der Waals surface area contributed by atoms with Crippen molar-refractivity contribution in [3.8, 4) is 16.9 Å². The fraction of sp³-hybridized carbons (Fsp3) is 0.304. The van der Waals surface area contributed by atoms with Crippen molar-refractivity contribution >= 4 is 11.4 Å². The van der Waals surface area contributed by atoms with E-state index in [4.69, 9.17) is 14.3 Å². The summed E-state index contributed by atoms with van der Waals surface area (Å²) in [5.41, 5.74) is 4.72. The van der Waals surface area contributed by atoms with Gasteiger partial charge in [0, 0.05) is 18.8 Å². The first-order valence-corrected chi connectivity index (χ1v) is 10.1. The molecular formula is C23H22N4O3. The molecule has 152 valence electrons. The first-order valence-electron chi connectivity index (χ1n) is 10.1. The summed E-state index contributed by atoms with van der Waals surface area (Å²) < 4.78 is 12.7. The number of methoxy groups -OCH3 is 1. The number of nitrogens with zero attached hydrogens (tertiary/aromatic N) is 4. The van der Waals surface area contributed by atoms with Gasteiger partial charge in [-0.1, -0.05) is 26.0 Å². The van der Waals surface area contributed by atoms with Gasteiger partial charge in [0.25, 0.3) is 0 Å². The van der Waals surface area contributed by atoms with Gasteiger partial charge in [-0.15, -0.1) is 10.2 Å². The Balaban J connectivity index is 1.70. The van der Waals surface area contributed by atoms with Crippen LogP contribution in [0.1, 0.15) is 59.7 Å². The number of hydrogen-bond acceptors (Lipinski definition) is 6. The lowest BCUT2D eigenvalue weighted by atomic mass is 9.87. The van der Waals surface area contributed by atoms with Crippen molar-refractivity contribution in [3.63, 3.8) is 0 Å². The highest BCUT2D eigenvalue weighted by Gasteiger charge is 2.33. The first-order chi connectivity index (χ1) is 14.6. The lowest BCUT2D eigenvalue weighted by Crippen LogP contribution is -2.24. The third-order valence-electron chi connectivity index (χ3n) is 5.67. The van der Waals surface area contributed by atoms with E-state index in [2.05, 4.69) is 24.0 Å². The van der Waals surface area contributed by atoms with E-state index < -0.39 is 0 Å². The van der Waals surface area contributed by atoms with Gasteiger partial charge in [0.05, 0.1) is 30.3 Å². The Morgan fingerprint density at radius 1 is 1.13 bits per heavy atom. The smallest absolute Gasteiger partial charge is 0.185 e. The van der Waals surface area contributed by atoms with Crippen LogP contribution in [-0.4, -0.2) is 32.7 Å². The molecule has 0 bridgehead atoms. The second-order valence-corrected chi connectivity index (χ2v) is 7.92. The maximum absolute atomic E-state index is 12.8. The van der Waals surface area contributed by atoms with Gasteiger partial charge in [-0.25, -0.2) is 4.52 Å². The van der Waals surface area contributed by atoms with E-state index in [1.807, 2.05) is 40.9 Å². The highest BCUT2D eigenvalue weighted by molar-refractivity contribution is 5.97. The minimum absolute atomic E-state index is 0.0245. The number of fused-ring (bicyclic) bond motifs is 3. The van der Waals surface area contributed by atoms with E-state index >= 15 is 0 Å². The third-order valence-corrected chi connectivity index (χ3v) is 5.67. The van der Waals surface area contributed by atoms with Crippen molar-refractivity contribution in [3.05, 3.63) is 65.5 Å². The van der Waals surface area contributed by atoms with Gasteiger partial charge in [0.1, 0.15) is 11.5 Å². The van der Waals surface area contributed by atoms with Crippen LogP contribution >= 0.6 is 0 Å². The average Bonchev–Trinajstić information content (AvgIpc) is 3.42. The minimum Gasteiger partial charge on any atom is -0.497 e. The average molecular weight is 402 g/mol. The summed E-state index contributed by atoms with van der Waals surface area (Å²) in [5, 5.41) is 13.6. The van der Waals surface area contributed by atoms with Gasteiger partial charge < -0.3 is 9.15 Å². The number of ketones is 1. The van der Waals surface area contributed by atoms with Crippen LogP contribution in [0.3, 0.4) is 0 Å². The molecule has 3 heterocycles. The molecule has 1 aliphatic rings. The van der Waals surface area contributed by atoms with Crippen molar-refractivity contribution in [2.24, 2.45) is 0 Å². The molecule has 1 aromatic carbocycles. The van der Waals surface area contributed by atoms with Crippen LogP contribution in [0.15, 0.2) is 47.1 Å². The third kappa shape index (κ3) is 2.89. The highest BCUT2D eigenvalue weighted by Crippen LogP contribution is 2.36. The topological polar surface area (TPSA) is 82.5 Å². The maximum atomic E-state index is 12.8. The highest BCUT2D eigenvalue weighted by atomic mass is 16.5. The molecule has 3 aromatic heterocycles. The number of benzene rings is 1. The van der Waals surface area contributed by atoms with Crippen LogP contribution in [0, 0.1) is 0 Å². The van der Waals surface area contributed by atoms with Gasteiger partial charge in [-0.3, -0.25) is 4.79 Å². The van der Waals surface area contributed by atoms with Crippen LogP contribution < -0.4 is 4.74 Å². The Kier molecular flexibility index (Phi) is 4.38. The van der Waals surface area contributed by atoms with Crippen molar-refractivity contribution in [2.75, 3.05) is 7.11 Å². The van der Waals surface area contributed by atoms with E-state index in [9.17, 15) is 4.79 Å². The van der Waals surface area contributed by atoms with E-state index in [0.717, 1.165) is 34.0 Å². The Labute approximate surface area is 173 Å². The summed E-state index contributed by atoms with van der Waals surface area (Å²) in [6.07, 6.45) is 2.63. The molecule has 4 aromatic rings. The summed E-state index contributed by atoms with van der Waals surface area (Å²) >= 11 is 0. The SMILES string of the molecule is COc1ccc(-c2c(C(C)C)nn3c4c(nnc23)C(=O)CC(c2ccco2)C4)cc1. The van der Waals surface area contributed by atoms with Crippen LogP contribution in [0.2, 0.25) is 0 Å². The quantitative estimate of drug-likeness (QED) is 0.502. The molecule has 0 saturated carbocycles. The number of carbonyl (C=O) groups excluding carboxylic acids is 1. The molecule has 1 atom stereocenters. The molecule has 0 aliphatic heterocycles. The zero-order chi connectivity index (χ0) is 20.8. The number of rotatable bonds is 4. The van der Waals surface area contributed by atoms with Crippen LogP contribution in [0.5, 0.6) is 5.75 Å². The number of ether oxygens (including phenoxy) is 1. The number of aromatic nitrogens is 4. The van der Waals surface area contributed by atoms with Gasteiger partial charge in [-0.2, -0.15) is 5.10 Å². The molecule has 7 nitrogen and oxygen atoms in total. The molecule has 0 fully saturated rings. The predicted molar refractivity (Wildman–Crippen MR) is 111 cm³/mol. The molecule has 7 heteroatoms. The molecule has 1 unspecified atom stereocenters. The molecule has 0 N–H and O–H groups in total. The molecule has 30 heavy (non-hydrogen) atoms. The van der Waals surface area contributed by atoms with Crippen molar-refractivity contribution in [1.82, 2.24) is 19.8 Å². The minimum atomic E-state index is -0.0281. The molecule has 0 amide bonds. The van der Waals surface area contributed by atoms with E-state index in [-0.39, 0.29) is 17.6 Å². The molecule has 1 aliphatic carbocycles. The Bertz CT molecular complexity index is 1220.